The van der Waals surface area contributed by atoms with E-state index >= 15 is 0 Å². The lowest BCUT2D eigenvalue weighted by Crippen LogP contribution is -2.46. The molecule has 1 amide bonds. The fourth-order valence-corrected chi connectivity index (χ4v) is 4.82. The van der Waals surface area contributed by atoms with Crippen molar-refractivity contribution in [1.82, 2.24) is 9.62 Å². The van der Waals surface area contributed by atoms with Crippen LogP contribution in [-0.2, 0) is 24.7 Å². The van der Waals surface area contributed by atoms with Gasteiger partial charge in [-0.15, -0.1) is 0 Å². The monoisotopic (exact) mass is 402 g/mol. The fraction of sp³-hybridized carbons (Fsp3) is 0.588. The van der Waals surface area contributed by atoms with Gasteiger partial charge in [-0.1, -0.05) is 12.1 Å². The van der Waals surface area contributed by atoms with Gasteiger partial charge in [-0.3, -0.25) is 4.79 Å². The van der Waals surface area contributed by atoms with Gasteiger partial charge in [0.1, 0.15) is 0 Å². The molecule has 0 aromatic heterocycles. The molecular formula is C17H26N2O5S2. The number of nitrogens with one attached hydrogen (secondary N) is 1. The summed E-state index contributed by atoms with van der Waals surface area (Å²) in [4.78, 5) is 12.8. The van der Waals surface area contributed by atoms with Crippen molar-refractivity contribution >= 4 is 25.8 Å². The van der Waals surface area contributed by atoms with Gasteiger partial charge in [-0.05, 0) is 44.4 Å². The number of nitrogens with zero attached hydrogens (tertiary/aromatic N) is 1. The number of hydrogen-bond acceptors (Lipinski definition) is 5. The Bertz CT molecular complexity index is 848. The van der Waals surface area contributed by atoms with Crippen molar-refractivity contribution in [2.75, 3.05) is 25.1 Å². The van der Waals surface area contributed by atoms with Crippen LogP contribution in [-0.4, -0.2) is 52.1 Å². The van der Waals surface area contributed by atoms with Crippen LogP contribution in [0.1, 0.15) is 38.3 Å². The van der Waals surface area contributed by atoms with E-state index in [9.17, 15) is 21.6 Å². The van der Waals surface area contributed by atoms with E-state index in [0.717, 1.165) is 11.8 Å². The number of carbonyl (C=O) groups is 1. The Morgan fingerprint density at radius 1 is 1.23 bits per heavy atom. The summed E-state index contributed by atoms with van der Waals surface area (Å²) in [6, 6.07) is 6.09. The summed E-state index contributed by atoms with van der Waals surface area (Å²) in [6.45, 7) is 4.09. The third-order valence-corrected chi connectivity index (χ3v) is 7.66. The fourth-order valence-electron chi connectivity index (χ4n) is 3.01. The lowest BCUT2D eigenvalue weighted by Gasteiger charge is -2.31. The molecule has 0 radical (unpaired) electrons. The summed E-state index contributed by atoms with van der Waals surface area (Å²) in [5.41, 5.74) is 0.791. The maximum absolute atomic E-state index is 12.5. The van der Waals surface area contributed by atoms with Gasteiger partial charge in [-0.2, -0.15) is 0 Å². The molecule has 0 spiro atoms. The van der Waals surface area contributed by atoms with E-state index in [4.69, 9.17) is 0 Å². The van der Waals surface area contributed by atoms with Gasteiger partial charge in [0.2, 0.25) is 15.9 Å². The molecule has 1 aliphatic heterocycles. The van der Waals surface area contributed by atoms with Crippen LogP contribution in [0.25, 0.3) is 0 Å². The first kappa shape index (κ1) is 20.9. The minimum absolute atomic E-state index is 0.0322. The molecule has 2 rings (SSSR count). The zero-order chi connectivity index (χ0) is 19.5. The Hall–Kier alpha value is -1.45. The molecule has 1 heterocycles. The topological polar surface area (TPSA) is 101 Å². The molecule has 9 heteroatoms. The minimum atomic E-state index is -3.29. The number of amides is 1. The Labute approximate surface area is 155 Å². The van der Waals surface area contributed by atoms with Crippen molar-refractivity contribution < 1.29 is 21.6 Å². The van der Waals surface area contributed by atoms with Gasteiger partial charge < -0.3 is 5.32 Å². The number of hydrogen-bond donors (Lipinski definition) is 1. The maximum Gasteiger partial charge on any atom is 0.224 e. The molecule has 1 fully saturated rings. The highest BCUT2D eigenvalue weighted by atomic mass is 32.2. The molecule has 2 atom stereocenters. The lowest BCUT2D eigenvalue weighted by molar-refractivity contribution is -0.126. The summed E-state index contributed by atoms with van der Waals surface area (Å²) >= 11 is 0. The van der Waals surface area contributed by atoms with Gasteiger partial charge >= 0.3 is 0 Å². The van der Waals surface area contributed by atoms with E-state index in [1.807, 2.05) is 6.92 Å². The van der Waals surface area contributed by atoms with Gasteiger partial charge in [0.05, 0.1) is 22.6 Å². The van der Waals surface area contributed by atoms with Crippen LogP contribution in [0.3, 0.4) is 0 Å². The van der Waals surface area contributed by atoms with Gasteiger partial charge in [0.15, 0.2) is 9.84 Å². The maximum atomic E-state index is 12.5. The quantitative estimate of drug-likeness (QED) is 0.774. The molecule has 1 saturated heterocycles. The molecule has 1 aliphatic rings. The molecule has 146 valence electrons. The molecule has 7 nitrogen and oxygen atoms in total. The van der Waals surface area contributed by atoms with Crippen molar-refractivity contribution in [3.8, 4) is 0 Å². The van der Waals surface area contributed by atoms with E-state index in [2.05, 4.69) is 5.32 Å². The van der Waals surface area contributed by atoms with Crippen molar-refractivity contribution in [2.24, 2.45) is 5.92 Å². The largest absolute Gasteiger partial charge is 0.349 e. The molecule has 0 aliphatic carbocycles. The minimum Gasteiger partial charge on any atom is -0.349 e. The summed E-state index contributed by atoms with van der Waals surface area (Å²) in [7, 11) is -6.55. The van der Waals surface area contributed by atoms with Crippen LogP contribution in [0, 0.1) is 5.92 Å². The molecule has 26 heavy (non-hydrogen) atoms. The number of rotatable bonds is 6. The second-order valence-electron chi connectivity index (χ2n) is 6.67. The first-order valence-electron chi connectivity index (χ1n) is 8.63. The van der Waals surface area contributed by atoms with Gasteiger partial charge in [0, 0.05) is 19.3 Å². The zero-order valence-corrected chi connectivity index (χ0v) is 16.9. The van der Waals surface area contributed by atoms with Crippen LogP contribution >= 0.6 is 0 Å². The van der Waals surface area contributed by atoms with Crippen molar-refractivity contribution in [3.05, 3.63) is 29.8 Å². The standard InChI is InChI=1S/C17H26N2O5S2/c1-4-26(23,24)19-11-5-6-15(12-19)17(20)18-13(2)14-7-9-16(10-8-14)25(3,21)22/h7-10,13,15H,4-6,11-12H2,1-3H3,(H,18,20)/t13-,15+/m0/s1. The van der Waals surface area contributed by atoms with Crippen LogP contribution in [0.15, 0.2) is 29.2 Å². The first-order chi connectivity index (χ1) is 12.0. The number of piperidine rings is 1. The lowest BCUT2D eigenvalue weighted by atomic mass is 9.98. The number of sulfone groups is 1. The predicted octanol–water partition coefficient (Wildman–Crippen LogP) is 1.33. The first-order valence-corrected chi connectivity index (χ1v) is 12.1. The van der Waals surface area contributed by atoms with Crippen LogP contribution in [0.4, 0.5) is 0 Å². The van der Waals surface area contributed by atoms with Crippen molar-refractivity contribution in [2.45, 2.75) is 37.6 Å². The third-order valence-electron chi connectivity index (χ3n) is 4.68. The SMILES string of the molecule is CCS(=O)(=O)N1CCC[C@@H](C(=O)N[C@@H](C)c2ccc(S(C)(=O)=O)cc2)C1. The molecule has 1 N–H and O–H groups in total. The highest BCUT2D eigenvalue weighted by Gasteiger charge is 2.31. The van der Waals surface area contributed by atoms with Crippen LogP contribution < -0.4 is 5.32 Å². The van der Waals surface area contributed by atoms with Crippen LogP contribution in [0.5, 0.6) is 0 Å². The average Bonchev–Trinajstić information content (AvgIpc) is 2.61. The van der Waals surface area contributed by atoms with E-state index in [0.29, 0.717) is 19.4 Å². The molecular weight excluding hydrogens is 376 g/mol. The predicted molar refractivity (Wildman–Crippen MR) is 99.9 cm³/mol. The van der Waals surface area contributed by atoms with Gasteiger partial charge in [0.25, 0.3) is 0 Å². The van der Waals surface area contributed by atoms with E-state index in [1.165, 1.54) is 16.4 Å². The molecule has 1 aromatic rings. The molecule has 0 unspecified atom stereocenters. The molecule has 1 aromatic carbocycles. The third kappa shape index (κ3) is 5.05. The van der Waals surface area contributed by atoms with Crippen molar-refractivity contribution in [1.29, 1.82) is 0 Å². The smallest absolute Gasteiger partial charge is 0.224 e. The Morgan fingerprint density at radius 2 is 1.85 bits per heavy atom. The van der Waals surface area contributed by atoms with Gasteiger partial charge in [-0.25, -0.2) is 21.1 Å². The summed E-state index contributed by atoms with van der Waals surface area (Å²) in [5, 5.41) is 2.90. The van der Waals surface area contributed by atoms with Crippen LogP contribution in [0.2, 0.25) is 0 Å². The molecule has 0 bridgehead atoms. The highest BCUT2D eigenvalue weighted by molar-refractivity contribution is 7.90. The number of carbonyl (C=O) groups excluding carboxylic acids is 1. The Balaban J connectivity index is 2.02. The van der Waals surface area contributed by atoms with E-state index in [-0.39, 0.29) is 35.1 Å². The average molecular weight is 403 g/mol. The Kier molecular flexibility index (Phi) is 6.46. The zero-order valence-electron chi connectivity index (χ0n) is 15.3. The highest BCUT2D eigenvalue weighted by Crippen LogP contribution is 2.22. The summed E-state index contributed by atoms with van der Waals surface area (Å²) < 4.78 is 48.5. The molecule has 0 saturated carbocycles. The normalized spacial score (nSPS) is 20.5. The Morgan fingerprint density at radius 3 is 2.38 bits per heavy atom. The van der Waals surface area contributed by atoms with E-state index in [1.54, 1.807) is 19.1 Å². The second-order valence-corrected chi connectivity index (χ2v) is 10.9. The summed E-state index contributed by atoms with van der Waals surface area (Å²) in [6.07, 6.45) is 2.46. The van der Waals surface area contributed by atoms with Crippen molar-refractivity contribution in [3.63, 3.8) is 0 Å². The second kappa shape index (κ2) is 8.06. The summed E-state index contributed by atoms with van der Waals surface area (Å²) in [5.74, 6) is -0.520. The number of benzene rings is 1. The van der Waals surface area contributed by atoms with E-state index < -0.39 is 19.9 Å². The number of sulfonamides is 1.